The van der Waals surface area contributed by atoms with Crippen LogP contribution in [0.5, 0.6) is 5.75 Å². The Bertz CT molecular complexity index is 1160. The van der Waals surface area contributed by atoms with Crippen LogP contribution in [0.3, 0.4) is 0 Å². The molecule has 1 fully saturated rings. The van der Waals surface area contributed by atoms with E-state index >= 15 is 4.39 Å². The lowest BCUT2D eigenvalue weighted by molar-refractivity contribution is -0.00538. The van der Waals surface area contributed by atoms with E-state index in [0.29, 0.717) is 35.8 Å². The smallest absolute Gasteiger partial charge is 0.201 e. The van der Waals surface area contributed by atoms with Gasteiger partial charge in [-0.25, -0.2) is 8.78 Å². The zero-order valence-corrected chi connectivity index (χ0v) is 20.2. The lowest BCUT2D eigenvalue weighted by atomic mass is 9.93. The summed E-state index contributed by atoms with van der Waals surface area (Å²) < 4.78 is 55.5. The fourth-order valence-corrected chi connectivity index (χ4v) is 4.45. The Labute approximate surface area is 205 Å². The van der Waals surface area contributed by atoms with Crippen molar-refractivity contribution in [3.05, 3.63) is 89.8 Å². The van der Waals surface area contributed by atoms with E-state index in [1.54, 1.807) is 30.3 Å². The van der Waals surface area contributed by atoms with Gasteiger partial charge in [0.2, 0.25) is 5.82 Å². The third-order valence-electron chi connectivity index (χ3n) is 6.45. The molecule has 3 aromatic rings. The van der Waals surface area contributed by atoms with Gasteiger partial charge in [-0.2, -0.15) is 4.39 Å². The highest BCUT2D eigenvalue weighted by atomic mass is 19.2. The number of allylic oxidation sites excluding steroid dienone is 1. The molecule has 0 spiro atoms. The van der Waals surface area contributed by atoms with Gasteiger partial charge in [-0.05, 0) is 61.1 Å². The van der Waals surface area contributed by atoms with Crippen molar-refractivity contribution in [1.29, 1.82) is 0 Å². The van der Waals surface area contributed by atoms with Gasteiger partial charge in [-0.15, -0.1) is 0 Å². The third kappa shape index (κ3) is 5.79. The van der Waals surface area contributed by atoms with E-state index in [9.17, 15) is 8.78 Å². The van der Waals surface area contributed by atoms with Gasteiger partial charge in [-0.1, -0.05) is 61.9 Å². The molecule has 1 aliphatic rings. The van der Waals surface area contributed by atoms with Crippen LogP contribution >= 0.6 is 0 Å². The molecular weight excluding hydrogens is 449 g/mol. The van der Waals surface area contributed by atoms with Crippen LogP contribution in [-0.4, -0.2) is 13.2 Å². The molecule has 2 nitrogen and oxygen atoms in total. The number of unbranched alkanes of at least 4 members (excludes halogenated alkanes) is 1. The average Bonchev–Trinajstić information content (AvgIpc) is 2.88. The molecule has 3 aromatic carbocycles. The summed E-state index contributed by atoms with van der Waals surface area (Å²) >= 11 is 0. The van der Waals surface area contributed by atoms with Crippen molar-refractivity contribution in [2.45, 2.75) is 45.6 Å². The van der Waals surface area contributed by atoms with Gasteiger partial charge in [0.05, 0.1) is 19.3 Å². The van der Waals surface area contributed by atoms with Crippen LogP contribution in [0.25, 0.3) is 22.3 Å². The Morgan fingerprint density at radius 2 is 1.63 bits per heavy atom. The molecule has 5 heteroatoms. The van der Waals surface area contributed by atoms with E-state index in [1.807, 2.05) is 26.0 Å². The van der Waals surface area contributed by atoms with Crippen molar-refractivity contribution >= 4 is 0 Å². The maximum absolute atomic E-state index is 15.0. The van der Waals surface area contributed by atoms with Crippen LogP contribution in [0.4, 0.5) is 13.2 Å². The van der Waals surface area contributed by atoms with E-state index < -0.39 is 11.6 Å². The van der Waals surface area contributed by atoms with E-state index in [0.717, 1.165) is 31.2 Å². The normalized spacial score (nSPS) is 18.2. The van der Waals surface area contributed by atoms with Gasteiger partial charge in [0, 0.05) is 17.0 Å². The van der Waals surface area contributed by atoms with Crippen molar-refractivity contribution in [3.63, 3.8) is 0 Å². The van der Waals surface area contributed by atoms with Crippen molar-refractivity contribution in [2.24, 2.45) is 5.92 Å². The van der Waals surface area contributed by atoms with E-state index in [1.165, 1.54) is 18.2 Å². The summed E-state index contributed by atoms with van der Waals surface area (Å²) in [7, 11) is 0. The molecule has 1 heterocycles. The van der Waals surface area contributed by atoms with E-state index in [-0.39, 0.29) is 23.2 Å². The van der Waals surface area contributed by atoms with Crippen molar-refractivity contribution in [1.82, 2.24) is 0 Å². The van der Waals surface area contributed by atoms with Gasteiger partial charge in [0.25, 0.3) is 0 Å². The molecule has 2 atom stereocenters. The molecule has 2 unspecified atom stereocenters. The second-order valence-corrected chi connectivity index (χ2v) is 8.94. The second kappa shape index (κ2) is 11.6. The number of ether oxygens (including phenoxy) is 2. The lowest BCUT2D eigenvalue weighted by Gasteiger charge is -2.28. The van der Waals surface area contributed by atoms with Gasteiger partial charge < -0.3 is 9.47 Å². The lowest BCUT2D eigenvalue weighted by Crippen LogP contribution is -2.19. The summed E-state index contributed by atoms with van der Waals surface area (Å²) in [4.78, 5) is 0. The minimum Gasteiger partial charge on any atom is -0.490 e. The molecule has 184 valence electrons. The predicted molar refractivity (Wildman–Crippen MR) is 134 cm³/mol. The summed E-state index contributed by atoms with van der Waals surface area (Å²) in [6, 6.07) is 14.9. The largest absolute Gasteiger partial charge is 0.490 e. The molecule has 0 amide bonds. The van der Waals surface area contributed by atoms with Crippen LogP contribution in [0.2, 0.25) is 0 Å². The molecule has 0 saturated carbocycles. The molecule has 1 saturated heterocycles. The quantitative estimate of drug-likeness (QED) is 0.237. The van der Waals surface area contributed by atoms with Gasteiger partial charge in [0.1, 0.15) is 5.82 Å². The molecule has 0 bridgehead atoms. The summed E-state index contributed by atoms with van der Waals surface area (Å²) in [5.41, 5.74) is 2.60. The Balaban J connectivity index is 1.49. The molecule has 1 aliphatic heterocycles. The summed E-state index contributed by atoms with van der Waals surface area (Å²) in [6.45, 7) is 4.98. The Morgan fingerprint density at radius 3 is 2.26 bits per heavy atom. The summed E-state index contributed by atoms with van der Waals surface area (Å²) in [5, 5.41) is 0. The molecule has 0 aliphatic carbocycles. The van der Waals surface area contributed by atoms with Crippen LogP contribution in [-0.2, 0) is 4.74 Å². The summed E-state index contributed by atoms with van der Waals surface area (Å²) in [6.07, 6.45) is 7.64. The van der Waals surface area contributed by atoms with Gasteiger partial charge in [-0.3, -0.25) is 0 Å². The highest BCUT2D eigenvalue weighted by molar-refractivity contribution is 5.71. The first-order valence-electron chi connectivity index (χ1n) is 12.3. The number of hydrogen-bond acceptors (Lipinski definition) is 2. The first kappa shape index (κ1) is 25.1. The molecular formula is C30H31F3O2. The van der Waals surface area contributed by atoms with Crippen molar-refractivity contribution in [3.8, 4) is 28.0 Å². The monoisotopic (exact) mass is 480 g/mol. The predicted octanol–water partition coefficient (Wildman–Crippen LogP) is 8.66. The molecule has 35 heavy (non-hydrogen) atoms. The standard InChI is InChI=1S/C30H31F3O2/c1-3-5-17-34-28-16-14-25(29(32)30(28)33)22-10-8-21(9-11-22)24-13-12-23(18-26(24)31)27-15-7-20(6-4-2)19-35-27/h4,6,8-14,16,18,20,27H,3,5,7,15,17,19H2,1-2H3. The fourth-order valence-electron chi connectivity index (χ4n) is 4.45. The highest BCUT2D eigenvalue weighted by Crippen LogP contribution is 2.35. The van der Waals surface area contributed by atoms with Gasteiger partial charge >= 0.3 is 0 Å². The van der Waals surface area contributed by atoms with Crippen molar-refractivity contribution < 1.29 is 22.6 Å². The minimum atomic E-state index is -0.994. The number of rotatable bonds is 8. The molecule has 0 aromatic heterocycles. The average molecular weight is 481 g/mol. The van der Waals surface area contributed by atoms with Crippen LogP contribution in [0.15, 0.2) is 66.7 Å². The zero-order valence-electron chi connectivity index (χ0n) is 20.2. The van der Waals surface area contributed by atoms with Crippen LogP contribution in [0.1, 0.15) is 51.2 Å². The maximum Gasteiger partial charge on any atom is 0.201 e. The Morgan fingerprint density at radius 1 is 0.914 bits per heavy atom. The first-order chi connectivity index (χ1) is 17.0. The zero-order chi connectivity index (χ0) is 24.8. The van der Waals surface area contributed by atoms with Crippen LogP contribution in [0, 0.1) is 23.4 Å². The second-order valence-electron chi connectivity index (χ2n) is 8.94. The minimum absolute atomic E-state index is 0.0854. The topological polar surface area (TPSA) is 18.5 Å². The Hall–Kier alpha value is -3.05. The van der Waals surface area contributed by atoms with E-state index in [4.69, 9.17) is 9.47 Å². The van der Waals surface area contributed by atoms with Gasteiger partial charge in [0.15, 0.2) is 11.6 Å². The summed E-state index contributed by atoms with van der Waals surface area (Å²) in [5.74, 6) is -1.95. The first-order valence-corrected chi connectivity index (χ1v) is 12.3. The number of benzene rings is 3. The molecule has 0 N–H and O–H groups in total. The number of halogens is 3. The fraction of sp³-hybridized carbons (Fsp3) is 0.333. The highest BCUT2D eigenvalue weighted by Gasteiger charge is 2.22. The Kier molecular flexibility index (Phi) is 8.29. The van der Waals surface area contributed by atoms with E-state index in [2.05, 4.69) is 6.08 Å². The maximum atomic E-state index is 15.0. The van der Waals surface area contributed by atoms with Crippen molar-refractivity contribution in [2.75, 3.05) is 13.2 Å². The SMILES string of the molecule is CC=CC1CCC(c2ccc(-c3ccc(-c4ccc(OCCCC)c(F)c4F)cc3)c(F)c2)OC1. The third-order valence-corrected chi connectivity index (χ3v) is 6.45. The molecule has 4 rings (SSSR count). The van der Waals surface area contributed by atoms with Crippen LogP contribution < -0.4 is 4.74 Å². The molecule has 0 radical (unpaired) electrons. The number of hydrogen-bond donors (Lipinski definition) is 0.